The molecule has 0 fully saturated rings. The predicted molar refractivity (Wildman–Crippen MR) is 73.3 cm³/mol. The first kappa shape index (κ1) is 14.4. The number of aliphatic hydroxyl groups excluding tert-OH is 1. The molecule has 0 aromatic carbocycles. The molecular weight excluding hydrogens is 282 g/mol. The van der Waals surface area contributed by atoms with E-state index in [4.69, 9.17) is 0 Å². The Morgan fingerprint density at radius 1 is 1.18 bits per heavy atom. The van der Waals surface area contributed by atoms with Crippen molar-refractivity contribution in [1.82, 2.24) is 9.97 Å². The van der Waals surface area contributed by atoms with E-state index in [0.29, 0.717) is 0 Å². The van der Waals surface area contributed by atoms with Gasteiger partial charge in [-0.1, -0.05) is 20.8 Å². The van der Waals surface area contributed by atoms with Gasteiger partial charge in [0.1, 0.15) is 10.4 Å². The van der Waals surface area contributed by atoms with Crippen molar-refractivity contribution in [3.05, 3.63) is 16.0 Å². The third kappa shape index (κ3) is 3.64. The van der Waals surface area contributed by atoms with E-state index in [1.54, 1.807) is 0 Å². The molecule has 1 rings (SSSR count). The van der Waals surface area contributed by atoms with Crippen LogP contribution in [0.2, 0.25) is 0 Å². The van der Waals surface area contributed by atoms with Gasteiger partial charge in [0.25, 0.3) is 0 Å². The minimum atomic E-state index is 0.0421. The average molecular weight is 302 g/mol. The summed E-state index contributed by atoms with van der Waals surface area (Å²) in [6, 6.07) is 0.0421. The minimum Gasteiger partial charge on any atom is -0.394 e. The number of aliphatic hydroxyl groups is 1. The van der Waals surface area contributed by atoms with E-state index >= 15 is 0 Å². The van der Waals surface area contributed by atoms with Crippen LogP contribution in [0.1, 0.15) is 38.6 Å². The molecule has 0 aliphatic carbocycles. The van der Waals surface area contributed by atoms with Crippen molar-refractivity contribution in [3.63, 3.8) is 0 Å². The Morgan fingerprint density at radius 3 is 2.29 bits per heavy atom. The second-order valence-electron chi connectivity index (χ2n) is 3.90. The van der Waals surface area contributed by atoms with Gasteiger partial charge in [-0.25, -0.2) is 9.97 Å². The maximum atomic E-state index is 9.21. The van der Waals surface area contributed by atoms with Crippen molar-refractivity contribution in [2.45, 2.75) is 46.1 Å². The van der Waals surface area contributed by atoms with Crippen molar-refractivity contribution < 1.29 is 5.11 Å². The van der Waals surface area contributed by atoms with Crippen LogP contribution in [0, 0.1) is 0 Å². The molecule has 0 bridgehead atoms. The number of aromatic nitrogens is 2. The molecule has 0 saturated carbocycles. The maximum Gasteiger partial charge on any atom is 0.148 e. The molecule has 1 heterocycles. The van der Waals surface area contributed by atoms with E-state index in [1.807, 2.05) is 20.8 Å². The molecule has 0 aliphatic heterocycles. The summed E-state index contributed by atoms with van der Waals surface area (Å²) in [6.45, 7) is 6.24. The molecule has 0 amide bonds. The normalized spacial score (nSPS) is 12.5. The van der Waals surface area contributed by atoms with Crippen LogP contribution in [0.3, 0.4) is 0 Å². The summed E-state index contributed by atoms with van der Waals surface area (Å²) in [5.41, 5.74) is 1.87. The molecule has 0 radical (unpaired) electrons. The van der Waals surface area contributed by atoms with Crippen LogP contribution >= 0.6 is 15.9 Å². The zero-order valence-corrected chi connectivity index (χ0v) is 12.2. The first-order valence-corrected chi connectivity index (χ1v) is 6.88. The Balaban J connectivity index is 3.03. The van der Waals surface area contributed by atoms with Crippen LogP contribution < -0.4 is 5.32 Å². The van der Waals surface area contributed by atoms with Crippen LogP contribution in [-0.2, 0) is 12.8 Å². The Labute approximate surface area is 111 Å². The number of hydrogen-bond acceptors (Lipinski definition) is 4. The van der Waals surface area contributed by atoms with Crippen molar-refractivity contribution >= 4 is 21.7 Å². The second-order valence-corrected chi connectivity index (χ2v) is 4.65. The lowest BCUT2D eigenvalue weighted by molar-refractivity contribution is 0.271. The molecule has 96 valence electrons. The predicted octanol–water partition coefficient (Wildman–Crippen LogP) is 2.55. The van der Waals surface area contributed by atoms with Gasteiger partial charge >= 0.3 is 0 Å². The summed E-state index contributed by atoms with van der Waals surface area (Å²) < 4.78 is 0.819. The lowest BCUT2D eigenvalue weighted by atomic mass is 10.2. The quantitative estimate of drug-likeness (QED) is 0.848. The third-order valence-electron chi connectivity index (χ3n) is 2.72. The second kappa shape index (κ2) is 6.91. The van der Waals surface area contributed by atoms with Crippen LogP contribution in [0.25, 0.3) is 0 Å². The Morgan fingerprint density at radius 2 is 1.82 bits per heavy atom. The van der Waals surface area contributed by atoms with Gasteiger partial charge in [0, 0.05) is 0 Å². The monoisotopic (exact) mass is 301 g/mol. The molecule has 0 unspecified atom stereocenters. The molecule has 5 heteroatoms. The Hall–Kier alpha value is -0.680. The van der Waals surface area contributed by atoms with Gasteiger partial charge in [0.2, 0.25) is 0 Å². The van der Waals surface area contributed by atoms with E-state index < -0.39 is 0 Å². The summed E-state index contributed by atoms with van der Waals surface area (Å²) in [6.07, 6.45) is 2.51. The highest BCUT2D eigenvalue weighted by Gasteiger charge is 2.13. The topological polar surface area (TPSA) is 58.0 Å². The Bertz CT molecular complexity index is 367. The van der Waals surface area contributed by atoms with Gasteiger partial charge in [-0.15, -0.1) is 0 Å². The van der Waals surface area contributed by atoms with E-state index in [0.717, 1.165) is 41.1 Å². The van der Waals surface area contributed by atoms with Gasteiger partial charge < -0.3 is 10.4 Å². The maximum absolute atomic E-state index is 9.21. The lowest BCUT2D eigenvalue weighted by Gasteiger charge is -2.17. The van der Waals surface area contributed by atoms with Crippen molar-refractivity contribution in [3.8, 4) is 0 Å². The number of hydrogen-bond donors (Lipinski definition) is 2. The fourth-order valence-electron chi connectivity index (χ4n) is 1.54. The SMILES string of the molecule is CCc1nc(N[C@@H](CC)CO)c(CC)nc1Br. The van der Waals surface area contributed by atoms with Crippen molar-refractivity contribution in [1.29, 1.82) is 0 Å². The van der Waals surface area contributed by atoms with Crippen LogP contribution in [0.15, 0.2) is 4.60 Å². The molecule has 1 atom stereocenters. The highest BCUT2D eigenvalue weighted by molar-refractivity contribution is 9.10. The molecule has 0 saturated heterocycles. The van der Waals surface area contributed by atoms with E-state index in [9.17, 15) is 5.11 Å². The molecule has 17 heavy (non-hydrogen) atoms. The summed E-state index contributed by atoms with van der Waals surface area (Å²) >= 11 is 3.43. The summed E-state index contributed by atoms with van der Waals surface area (Å²) in [4.78, 5) is 9.06. The average Bonchev–Trinajstić information content (AvgIpc) is 2.36. The number of rotatable bonds is 6. The zero-order valence-electron chi connectivity index (χ0n) is 10.6. The molecule has 1 aromatic heterocycles. The van der Waals surface area contributed by atoms with E-state index in [-0.39, 0.29) is 12.6 Å². The molecule has 2 N–H and O–H groups in total. The largest absolute Gasteiger partial charge is 0.394 e. The fraction of sp³-hybridized carbons (Fsp3) is 0.667. The molecule has 0 spiro atoms. The first-order valence-electron chi connectivity index (χ1n) is 6.08. The summed E-state index contributed by atoms with van der Waals surface area (Å²) in [7, 11) is 0. The number of nitrogens with zero attached hydrogens (tertiary/aromatic N) is 2. The fourth-order valence-corrected chi connectivity index (χ4v) is 2.12. The lowest BCUT2D eigenvalue weighted by Crippen LogP contribution is -2.24. The van der Waals surface area contributed by atoms with Crippen LogP contribution in [0.5, 0.6) is 0 Å². The van der Waals surface area contributed by atoms with E-state index in [1.165, 1.54) is 0 Å². The number of aryl methyl sites for hydroxylation is 2. The number of nitrogens with one attached hydrogen (secondary N) is 1. The van der Waals surface area contributed by atoms with Gasteiger partial charge in [0.15, 0.2) is 0 Å². The molecular formula is C12H20BrN3O. The van der Waals surface area contributed by atoms with Crippen molar-refractivity contribution in [2.75, 3.05) is 11.9 Å². The highest BCUT2D eigenvalue weighted by atomic mass is 79.9. The van der Waals surface area contributed by atoms with Gasteiger partial charge in [-0.2, -0.15) is 0 Å². The smallest absolute Gasteiger partial charge is 0.148 e. The van der Waals surface area contributed by atoms with E-state index in [2.05, 4.69) is 31.2 Å². The number of halogens is 1. The Kier molecular flexibility index (Phi) is 5.85. The standard InChI is InChI=1S/C12H20BrN3O/c1-4-8(7-17)14-12-10(6-3)15-11(13)9(5-2)16-12/h8,17H,4-7H2,1-3H3,(H,14,16)/t8-/m0/s1. The van der Waals surface area contributed by atoms with Gasteiger partial charge in [0.05, 0.1) is 24.0 Å². The summed E-state index contributed by atoms with van der Waals surface area (Å²) in [5, 5.41) is 12.5. The third-order valence-corrected chi connectivity index (χ3v) is 3.35. The molecule has 1 aromatic rings. The van der Waals surface area contributed by atoms with Crippen LogP contribution in [-0.4, -0.2) is 27.7 Å². The number of anilines is 1. The van der Waals surface area contributed by atoms with Gasteiger partial charge in [-0.05, 0) is 35.2 Å². The first-order chi connectivity index (χ1) is 8.15. The van der Waals surface area contributed by atoms with Crippen LogP contribution in [0.4, 0.5) is 5.82 Å². The molecule has 0 aliphatic rings. The molecule has 4 nitrogen and oxygen atoms in total. The van der Waals surface area contributed by atoms with Crippen molar-refractivity contribution in [2.24, 2.45) is 0 Å². The zero-order chi connectivity index (χ0) is 12.8. The van der Waals surface area contributed by atoms with Gasteiger partial charge in [-0.3, -0.25) is 0 Å². The minimum absolute atomic E-state index is 0.0421. The highest BCUT2D eigenvalue weighted by Crippen LogP contribution is 2.20. The summed E-state index contributed by atoms with van der Waals surface area (Å²) in [5.74, 6) is 0.799.